The molecule has 2 aromatic carbocycles. The van der Waals surface area contributed by atoms with Crippen molar-refractivity contribution in [2.75, 3.05) is 38.1 Å². The van der Waals surface area contributed by atoms with E-state index in [0.717, 1.165) is 49.5 Å². The van der Waals surface area contributed by atoms with Crippen LogP contribution in [0.4, 0.5) is 18.9 Å². The summed E-state index contributed by atoms with van der Waals surface area (Å²) in [6.07, 6.45) is -3.79. The summed E-state index contributed by atoms with van der Waals surface area (Å²) in [4.78, 5) is 26.1. The van der Waals surface area contributed by atoms with E-state index in [-0.39, 0.29) is 11.8 Å². The quantitative estimate of drug-likeness (QED) is 0.540. The molecule has 0 unspecified atom stereocenters. The fourth-order valence-electron chi connectivity index (χ4n) is 3.29. The highest BCUT2D eigenvalue weighted by Crippen LogP contribution is 2.29. The highest BCUT2D eigenvalue weighted by molar-refractivity contribution is 6.39. The molecule has 1 fully saturated rings. The van der Waals surface area contributed by atoms with Gasteiger partial charge in [-0.15, -0.1) is 0 Å². The Balaban J connectivity index is 1.37. The molecule has 2 amide bonds. The largest absolute Gasteiger partial charge is 0.416 e. The van der Waals surface area contributed by atoms with Gasteiger partial charge in [-0.1, -0.05) is 30.3 Å². The molecule has 0 spiro atoms. The van der Waals surface area contributed by atoms with Crippen LogP contribution < -0.4 is 10.6 Å². The standard InChI is InChI=1S/C22H24F3N3O3/c23-22(24,25)17-7-9-18(10-8-17)27-21(30)20(29)26-11-4-12-28-13-14-31-19(15-28)16-5-2-1-3-6-16/h1-3,5-10,19H,4,11-15H2,(H,26,29)(H,27,30)/t19-/m1/s1. The van der Waals surface area contributed by atoms with E-state index < -0.39 is 23.6 Å². The third-order valence-electron chi connectivity index (χ3n) is 4.93. The molecular formula is C22H24F3N3O3. The number of nitrogens with zero attached hydrogens (tertiary/aromatic N) is 1. The molecule has 2 N–H and O–H groups in total. The van der Waals surface area contributed by atoms with Crippen LogP contribution in [0.2, 0.25) is 0 Å². The normalized spacial score (nSPS) is 17.2. The van der Waals surface area contributed by atoms with Gasteiger partial charge in [-0.3, -0.25) is 14.5 Å². The van der Waals surface area contributed by atoms with E-state index >= 15 is 0 Å². The molecule has 1 atom stereocenters. The van der Waals surface area contributed by atoms with Gasteiger partial charge in [0.15, 0.2) is 0 Å². The lowest BCUT2D eigenvalue weighted by molar-refractivity contribution is -0.137. The van der Waals surface area contributed by atoms with Crippen LogP contribution in [0.1, 0.15) is 23.7 Å². The molecule has 1 aliphatic heterocycles. The van der Waals surface area contributed by atoms with Gasteiger partial charge in [-0.05, 0) is 36.2 Å². The van der Waals surface area contributed by atoms with Crippen LogP contribution >= 0.6 is 0 Å². The van der Waals surface area contributed by atoms with Gasteiger partial charge in [0.25, 0.3) is 0 Å². The van der Waals surface area contributed by atoms with Crippen molar-refractivity contribution in [1.82, 2.24) is 10.2 Å². The smallest absolute Gasteiger partial charge is 0.371 e. The van der Waals surface area contributed by atoms with Gasteiger partial charge in [0, 0.05) is 31.9 Å². The first kappa shape index (κ1) is 22.8. The first-order valence-electron chi connectivity index (χ1n) is 9.98. The minimum absolute atomic E-state index is 0.0130. The summed E-state index contributed by atoms with van der Waals surface area (Å²) in [5, 5.41) is 4.82. The lowest BCUT2D eigenvalue weighted by Crippen LogP contribution is -2.41. The molecular weight excluding hydrogens is 411 g/mol. The first-order valence-corrected chi connectivity index (χ1v) is 9.98. The van der Waals surface area contributed by atoms with Crippen molar-refractivity contribution >= 4 is 17.5 Å². The summed E-state index contributed by atoms with van der Waals surface area (Å²) in [6.45, 7) is 3.24. The fraction of sp³-hybridized carbons (Fsp3) is 0.364. The number of morpholine rings is 1. The Hall–Kier alpha value is -2.91. The van der Waals surface area contributed by atoms with Gasteiger partial charge in [-0.25, -0.2) is 0 Å². The Morgan fingerprint density at radius 1 is 1.03 bits per heavy atom. The van der Waals surface area contributed by atoms with Crippen LogP contribution in [0.5, 0.6) is 0 Å². The van der Waals surface area contributed by atoms with Crippen molar-refractivity contribution in [3.8, 4) is 0 Å². The number of anilines is 1. The molecule has 0 aliphatic carbocycles. The number of ether oxygens (including phenoxy) is 1. The molecule has 1 saturated heterocycles. The zero-order valence-electron chi connectivity index (χ0n) is 16.8. The van der Waals surface area contributed by atoms with Crippen molar-refractivity contribution in [2.24, 2.45) is 0 Å². The van der Waals surface area contributed by atoms with Gasteiger partial charge in [0.1, 0.15) is 0 Å². The number of benzene rings is 2. The molecule has 9 heteroatoms. The maximum absolute atomic E-state index is 12.6. The zero-order chi connectivity index (χ0) is 22.3. The minimum Gasteiger partial charge on any atom is -0.371 e. The van der Waals surface area contributed by atoms with Crippen molar-refractivity contribution in [2.45, 2.75) is 18.7 Å². The summed E-state index contributed by atoms with van der Waals surface area (Å²) in [5.41, 5.74) is 0.418. The molecule has 0 bridgehead atoms. The number of hydrogen-bond donors (Lipinski definition) is 2. The number of rotatable bonds is 6. The molecule has 3 rings (SSSR count). The summed E-state index contributed by atoms with van der Waals surface area (Å²) >= 11 is 0. The van der Waals surface area contributed by atoms with Crippen molar-refractivity contribution in [3.05, 3.63) is 65.7 Å². The molecule has 1 heterocycles. The monoisotopic (exact) mass is 435 g/mol. The Kier molecular flexibility index (Phi) is 7.64. The van der Waals surface area contributed by atoms with E-state index in [4.69, 9.17) is 4.74 Å². The Bertz CT molecular complexity index is 873. The van der Waals surface area contributed by atoms with Gasteiger partial charge in [0.2, 0.25) is 0 Å². The first-order chi connectivity index (χ1) is 14.8. The number of carbonyl (C=O) groups is 2. The summed E-state index contributed by atoms with van der Waals surface area (Å²) in [6, 6.07) is 13.9. The summed E-state index contributed by atoms with van der Waals surface area (Å²) in [7, 11) is 0. The molecule has 0 aromatic heterocycles. The maximum atomic E-state index is 12.6. The van der Waals surface area contributed by atoms with E-state index in [2.05, 4.69) is 15.5 Å². The Labute approximate surface area is 178 Å². The third-order valence-corrected chi connectivity index (χ3v) is 4.93. The van der Waals surface area contributed by atoms with Gasteiger partial charge < -0.3 is 15.4 Å². The predicted octanol–water partition coefficient (Wildman–Crippen LogP) is 3.22. The number of amides is 2. The van der Waals surface area contributed by atoms with Crippen molar-refractivity contribution in [1.29, 1.82) is 0 Å². The number of carbonyl (C=O) groups excluding carboxylic acids is 2. The highest BCUT2D eigenvalue weighted by Gasteiger charge is 2.30. The van der Waals surface area contributed by atoms with Gasteiger partial charge >= 0.3 is 18.0 Å². The lowest BCUT2D eigenvalue weighted by atomic mass is 10.1. The SMILES string of the molecule is O=C(NCCCN1CCO[C@@H](c2ccccc2)C1)C(=O)Nc1ccc(C(F)(F)F)cc1. The Morgan fingerprint density at radius 3 is 2.42 bits per heavy atom. The number of alkyl halides is 3. The molecule has 166 valence electrons. The topological polar surface area (TPSA) is 70.7 Å². The second kappa shape index (κ2) is 10.4. The van der Waals surface area contributed by atoms with Crippen LogP contribution in [0.15, 0.2) is 54.6 Å². The molecule has 0 saturated carbocycles. The van der Waals surface area contributed by atoms with Crippen LogP contribution in [-0.4, -0.2) is 49.5 Å². The average Bonchev–Trinajstić information content (AvgIpc) is 2.77. The van der Waals surface area contributed by atoms with Crippen LogP contribution in [0.3, 0.4) is 0 Å². The predicted molar refractivity (Wildman–Crippen MR) is 109 cm³/mol. The Morgan fingerprint density at radius 2 is 1.74 bits per heavy atom. The molecule has 2 aromatic rings. The lowest BCUT2D eigenvalue weighted by Gasteiger charge is -2.33. The van der Waals surface area contributed by atoms with Crippen LogP contribution in [-0.2, 0) is 20.5 Å². The summed E-state index contributed by atoms with van der Waals surface area (Å²) < 4.78 is 43.5. The zero-order valence-corrected chi connectivity index (χ0v) is 16.8. The molecule has 0 radical (unpaired) electrons. The second-order valence-electron chi connectivity index (χ2n) is 7.21. The van der Waals surface area contributed by atoms with E-state index in [0.29, 0.717) is 19.6 Å². The number of nitrogens with one attached hydrogen (secondary N) is 2. The average molecular weight is 435 g/mol. The number of halogens is 3. The van der Waals surface area contributed by atoms with E-state index in [1.54, 1.807) is 0 Å². The minimum atomic E-state index is -4.46. The van der Waals surface area contributed by atoms with Crippen molar-refractivity contribution < 1.29 is 27.5 Å². The highest BCUT2D eigenvalue weighted by atomic mass is 19.4. The van der Waals surface area contributed by atoms with Gasteiger partial charge in [-0.2, -0.15) is 13.2 Å². The molecule has 1 aliphatic rings. The van der Waals surface area contributed by atoms with E-state index in [1.165, 1.54) is 0 Å². The maximum Gasteiger partial charge on any atom is 0.416 e. The van der Waals surface area contributed by atoms with Crippen LogP contribution in [0, 0.1) is 0 Å². The third kappa shape index (κ3) is 6.80. The summed E-state index contributed by atoms with van der Waals surface area (Å²) in [5.74, 6) is -1.75. The second-order valence-corrected chi connectivity index (χ2v) is 7.21. The van der Waals surface area contributed by atoms with Crippen LogP contribution in [0.25, 0.3) is 0 Å². The number of hydrogen-bond acceptors (Lipinski definition) is 4. The molecule has 31 heavy (non-hydrogen) atoms. The van der Waals surface area contributed by atoms with E-state index in [9.17, 15) is 22.8 Å². The van der Waals surface area contributed by atoms with Gasteiger partial charge in [0.05, 0.1) is 18.3 Å². The fourth-order valence-corrected chi connectivity index (χ4v) is 3.29. The van der Waals surface area contributed by atoms with Crippen molar-refractivity contribution in [3.63, 3.8) is 0 Å². The molecule has 6 nitrogen and oxygen atoms in total. The van der Waals surface area contributed by atoms with E-state index in [1.807, 2.05) is 30.3 Å².